The number of H-pyrrole nitrogens is 1. The Balaban J connectivity index is 1.67. The number of benzene rings is 2. The van der Waals surface area contributed by atoms with E-state index in [1.165, 1.54) is 54.4 Å². The smallest absolute Gasteiger partial charge is 0.0456 e. The summed E-state index contributed by atoms with van der Waals surface area (Å²) in [6, 6.07) is 20.1. The Morgan fingerprint density at radius 3 is 2.43 bits per heavy atom. The Bertz CT molecular complexity index is 754. The summed E-state index contributed by atoms with van der Waals surface area (Å²) in [6.45, 7) is 2.45. The fourth-order valence-corrected chi connectivity index (χ4v) is 3.87. The van der Waals surface area contributed by atoms with Crippen molar-refractivity contribution in [2.45, 2.75) is 31.7 Å². The van der Waals surface area contributed by atoms with Gasteiger partial charge in [0, 0.05) is 23.1 Å². The molecule has 1 N–H and O–H groups in total. The van der Waals surface area contributed by atoms with E-state index in [-0.39, 0.29) is 0 Å². The van der Waals surface area contributed by atoms with E-state index in [0.29, 0.717) is 6.04 Å². The van der Waals surface area contributed by atoms with E-state index in [1.54, 1.807) is 0 Å². The molecular formula is C21H24N2. The highest BCUT2D eigenvalue weighted by atomic mass is 15.2. The minimum absolute atomic E-state index is 0.482. The van der Waals surface area contributed by atoms with Gasteiger partial charge in [-0.2, -0.15) is 0 Å². The summed E-state index contributed by atoms with van der Waals surface area (Å²) in [5.41, 5.74) is 4.12. The molecule has 1 saturated heterocycles. The van der Waals surface area contributed by atoms with Gasteiger partial charge in [-0.25, -0.2) is 0 Å². The highest BCUT2D eigenvalue weighted by Gasteiger charge is 2.23. The number of piperidine rings is 1. The highest BCUT2D eigenvalue weighted by Crippen LogP contribution is 2.30. The molecule has 118 valence electrons. The maximum atomic E-state index is 3.43. The molecule has 1 aliphatic heterocycles. The van der Waals surface area contributed by atoms with Gasteiger partial charge in [0.2, 0.25) is 0 Å². The number of hydrogen-bond donors (Lipinski definition) is 1. The minimum Gasteiger partial charge on any atom is -0.361 e. The Morgan fingerprint density at radius 1 is 0.870 bits per heavy atom. The van der Waals surface area contributed by atoms with Gasteiger partial charge < -0.3 is 4.98 Å². The van der Waals surface area contributed by atoms with Crippen molar-refractivity contribution in [3.8, 4) is 0 Å². The molecular weight excluding hydrogens is 280 g/mol. The van der Waals surface area contributed by atoms with Crippen LogP contribution in [0.25, 0.3) is 10.9 Å². The van der Waals surface area contributed by atoms with Crippen LogP contribution in [0.2, 0.25) is 0 Å². The summed E-state index contributed by atoms with van der Waals surface area (Å²) in [5.74, 6) is 0. The summed E-state index contributed by atoms with van der Waals surface area (Å²) in [4.78, 5) is 6.11. The molecule has 0 spiro atoms. The zero-order valence-electron chi connectivity index (χ0n) is 13.5. The van der Waals surface area contributed by atoms with Crippen molar-refractivity contribution >= 4 is 10.9 Å². The fraction of sp³-hybridized carbons (Fsp3) is 0.333. The fourth-order valence-electron chi connectivity index (χ4n) is 3.87. The van der Waals surface area contributed by atoms with E-state index < -0.39 is 0 Å². The first kappa shape index (κ1) is 14.5. The SMILES string of the molecule is c1ccc([C@H](Cc2c[nH]c3ccccc23)N2CCCCC2)cc1. The molecule has 23 heavy (non-hydrogen) atoms. The first-order valence-electron chi connectivity index (χ1n) is 8.76. The maximum Gasteiger partial charge on any atom is 0.0456 e. The monoisotopic (exact) mass is 304 g/mol. The number of nitrogens with zero attached hydrogens (tertiary/aromatic N) is 1. The number of rotatable bonds is 4. The van der Waals surface area contributed by atoms with Crippen molar-refractivity contribution in [2.24, 2.45) is 0 Å². The van der Waals surface area contributed by atoms with Gasteiger partial charge >= 0.3 is 0 Å². The molecule has 0 radical (unpaired) electrons. The number of fused-ring (bicyclic) bond motifs is 1. The lowest BCUT2D eigenvalue weighted by Gasteiger charge is -2.35. The average molecular weight is 304 g/mol. The van der Waals surface area contributed by atoms with E-state index in [4.69, 9.17) is 0 Å². The molecule has 1 fully saturated rings. The topological polar surface area (TPSA) is 19.0 Å². The third-order valence-corrected chi connectivity index (χ3v) is 5.10. The van der Waals surface area contributed by atoms with Crippen molar-refractivity contribution < 1.29 is 0 Å². The highest BCUT2D eigenvalue weighted by molar-refractivity contribution is 5.83. The molecule has 0 amide bonds. The van der Waals surface area contributed by atoms with Crippen LogP contribution in [0.1, 0.15) is 36.4 Å². The third-order valence-electron chi connectivity index (χ3n) is 5.10. The van der Waals surface area contributed by atoms with E-state index >= 15 is 0 Å². The van der Waals surface area contributed by atoms with Crippen molar-refractivity contribution in [2.75, 3.05) is 13.1 Å². The Labute approximate surface area is 138 Å². The van der Waals surface area contributed by atoms with Gasteiger partial charge in [0.25, 0.3) is 0 Å². The van der Waals surface area contributed by atoms with Crippen molar-refractivity contribution in [3.05, 3.63) is 71.9 Å². The number of aromatic nitrogens is 1. The van der Waals surface area contributed by atoms with E-state index in [2.05, 4.69) is 70.7 Å². The van der Waals surface area contributed by atoms with E-state index in [1.807, 2.05) is 0 Å². The quantitative estimate of drug-likeness (QED) is 0.723. The standard InChI is InChI=1S/C21H24N2/c1-3-9-17(10-4-1)21(23-13-7-2-8-14-23)15-18-16-22-20-12-6-5-11-19(18)20/h1,3-6,9-12,16,21-22H,2,7-8,13-15H2/t21-/m0/s1. The van der Waals surface area contributed by atoms with Crippen LogP contribution in [0.15, 0.2) is 60.8 Å². The second-order valence-corrected chi connectivity index (χ2v) is 6.59. The van der Waals surface area contributed by atoms with Crippen LogP contribution in [0.3, 0.4) is 0 Å². The second kappa shape index (κ2) is 6.59. The first-order chi connectivity index (χ1) is 11.4. The van der Waals surface area contributed by atoms with Crippen molar-refractivity contribution in [3.63, 3.8) is 0 Å². The Hall–Kier alpha value is -2.06. The van der Waals surface area contributed by atoms with E-state index in [0.717, 1.165) is 6.42 Å². The number of aromatic amines is 1. The molecule has 2 aromatic carbocycles. The number of hydrogen-bond acceptors (Lipinski definition) is 1. The molecule has 0 unspecified atom stereocenters. The molecule has 2 heterocycles. The minimum atomic E-state index is 0.482. The zero-order chi connectivity index (χ0) is 15.5. The summed E-state index contributed by atoms with van der Waals surface area (Å²) < 4.78 is 0. The molecule has 0 bridgehead atoms. The summed E-state index contributed by atoms with van der Waals surface area (Å²) in [7, 11) is 0. The van der Waals surface area contributed by atoms with Crippen LogP contribution in [-0.2, 0) is 6.42 Å². The molecule has 0 saturated carbocycles. The van der Waals surface area contributed by atoms with Gasteiger partial charge in [-0.05, 0) is 49.5 Å². The third kappa shape index (κ3) is 3.04. The van der Waals surface area contributed by atoms with Gasteiger partial charge in [-0.3, -0.25) is 4.90 Å². The lowest BCUT2D eigenvalue weighted by atomic mass is 9.95. The van der Waals surface area contributed by atoms with Crippen LogP contribution >= 0.6 is 0 Å². The van der Waals surface area contributed by atoms with Crippen LogP contribution in [0.5, 0.6) is 0 Å². The predicted octanol–water partition coefficient (Wildman–Crippen LogP) is 4.94. The molecule has 0 aliphatic carbocycles. The van der Waals surface area contributed by atoms with Crippen LogP contribution < -0.4 is 0 Å². The van der Waals surface area contributed by atoms with Crippen LogP contribution in [0, 0.1) is 0 Å². The largest absolute Gasteiger partial charge is 0.361 e. The molecule has 1 aliphatic rings. The van der Waals surface area contributed by atoms with Crippen molar-refractivity contribution in [1.29, 1.82) is 0 Å². The first-order valence-corrected chi connectivity index (χ1v) is 8.76. The lowest BCUT2D eigenvalue weighted by Crippen LogP contribution is -2.34. The molecule has 1 aromatic heterocycles. The molecule has 4 rings (SSSR count). The lowest BCUT2D eigenvalue weighted by molar-refractivity contribution is 0.162. The van der Waals surface area contributed by atoms with Gasteiger partial charge in [0.1, 0.15) is 0 Å². The summed E-state index contributed by atoms with van der Waals surface area (Å²) in [5, 5.41) is 1.37. The Kier molecular flexibility index (Phi) is 4.16. The normalized spacial score (nSPS) is 17.4. The zero-order valence-corrected chi connectivity index (χ0v) is 13.5. The number of nitrogens with one attached hydrogen (secondary N) is 1. The maximum absolute atomic E-state index is 3.43. The summed E-state index contributed by atoms with van der Waals surface area (Å²) in [6.07, 6.45) is 7.32. The Morgan fingerprint density at radius 2 is 1.61 bits per heavy atom. The van der Waals surface area contributed by atoms with Gasteiger partial charge in [0.15, 0.2) is 0 Å². The number of likely N-dealkylation sites (tertiary alicyclic amines) is 1. The molecule has 1 atom stereocenters. The number of para-hydroxylation sites is 1. The van der Waals surface area contributed by atoms with Crippen LogP contribution in [0.4, 0.5) is 0 Å². The molecule has 3 aromatic rings. The predicted molar refractivity (Wildman–Crippen MR) is 96.6 cm³/mol. The molecule has 2 heteroatoms. The van der Waals surface area contributed by atoms with Gasteiger partial charge in [-0.1, -0.05) is 55.0 Å². The van der Waals surface area contributed by atoms with Gasteiger partial charge in [-0.15, -0.1) is 0 Å². The van der Waals surface area contributed by atoms with E-state index in [9.17, 15) is 0 Å². The molecule has 2 nitrogen and oxygen atoms in total. The van der Waals surface area contributed by atoms with Crippen molar-refractivity contribution in [1.82, 2.24) is 9.88 Å². The summed E-state index contributed by atoms with van der Waals surface area (Å²) >= 11 is 0. The second-order valence-electron chi connectivity index (χ2n) is 6.59. The average Bonchev–Trinajstić information content (AvgIpc) is 3.04. The van der Waals surface area contributed by atoms with Crippen LogP contribution in [-0.4, -0.2) is 23.0 Å². The van der Waals surface area contributed by atoms with Gasteiger partial charge in [0.05, 0.1) is 0 Å².